The molecule has 0 saturated heterocycles. The monoisotopic (exact) mass is 288 g/mol. The summed E-state index contributed by atoms with van der Waals surface area (Å²) in [5, 5.41) is 25.0. The molecule has 0 fully saturated rings. The van der Waals surface area contributed by atoms with Crippen molar-refractivity contribution in [1.82, 2.24) is 0 Å². The predicted molar refractivity (Wildman–Crippen MR) is 19.9 cm³/mol. The van der Waals surface area contributed by atoms with E-state index in [2.05, 4.69) is 0 Å². The number of hydrogen-bond donors (Lipinski definition) is 0. The fourth-order valence-electron chi connectivity index (χ4n) is 0. The first-order valence-corrected chi connectivity index (χ1v) is 0.894. The summed E-state index contributed by atoms with van der Waals surface area (Å²) in [6.07, 6.45) is 0. The third kappa shape index (κ3) is 324. The van der Waals surface area contributed by atoms with Gasteiger partial charge in [-0.15, -0.1) is 0 Å². The molecule has 0 bridgehead atoms. The first-order chi connectivity index (χ1) is 4.00. The van der Waals surface area contributed by atoms with Crippen LogP contribution in [0.3, 0.4) is 0 Å². The molecule has 0 rings (SSSR count). The summed E-state index contributed by atoms with van der Waals surface area (Å²) in [4.78, 5) is 0. The van der Waals surface area contributed by atoms with Gasteiger partial charge < -0.3 is 47.3 Å². The molecule has 0 aromatic heterocycles. The molecule has 48 valence electrons. The Kier molecular flexibility index (Phi) is 1880. The fourth-order valence-corrected chi connectivity index (χ4v) is 0. The van der Waals surface area contributed by atoms with Gasteiger partial charge >= 0.3 is 123 Å². The molecular formula is C4K2N4Pd. The molecule has 7 heteroatoms. The van der Waals surface area contributed by atoms with E-state index in [0.717, 1.165) is 0 Å². The topological polar surface area (TPSA) is 95.2 Å². The van der Waals surface area contributed by atoms with E-state index >= 15 is 0 Å². The van der Waals surface area contributed by atoms with Crippen LogP contribution in [0.1, 0.15) is 0 Å². The van der Waals surface area contributed by atoms with Crippen molar-refractivity contribution in [2.24, 2.45) is 0 Å². The Morgan fingerprint density at radius 1 is 0.455 bits per heavy atom. The minimum Gasteiger partial charge on any atom is -0.512 e. The molecule has 0 amide bonds. The van der Waals surface area contributed by atoms with E-state index in [1.54, 1.807) is 0 Å². The summed E-state index contributed by atoms with van der Waals surface area (Å²) in [6.45, 7) is 19.0. The van der Waals surface area contributed by atoms with Crippen LogP contribution in [0.4, 0.5) is 0 Å². The van der Waals surface area contributed by atoms with Crippen molar-refractivity contribution in [2.45, 2.75) is 0 Å². The Bertz CT molecular complexity index is 63.1. The Morgan fingerprint density at radius 3 is 0.455 bits per heavy atom. The van der Waals surface area contributed by atoms with Crippen molar-refractivity contribution in [2.75, 3.05) is 0 Å². The molecule has 4 nitrogen and oxygen atoms in total. The molecule has 0 unspecified atom stereocenters. The first-order valence-electron chi connectivity index (χ1n) is 0.894. The molecule has 0 aliphatic heterocycles. The largest absolute Gasteiger partial charge is 2.00 e. The maximum atomic E-state index is 6.25. The molecule has 11 heavy (non-hydrogen) atoms. The smallest absolute Gasteiger partial charge is 0.512 e. The SMILES string of the molecule is [C-]#N.[C-]#N.[C-]#N.[C-]#N.[K+].[K+].[Pd+2]. The Balaban J connectivity index is -0.00000000356. The van der Waals surface area contributed by atoms with E-state index < -0.39 is 0 Å². The van der Waals surface area contributed by atoms with Crippen LogP contribution in [0.2, 0.25) is 0 Å². The molecule has 0 radical (unpaired) electrons. The van der Waals surface area contributed by atoms with Crippen molar-refractivity contribution in [1.29, 1.82) is 21.0 Å². The summed E-state index contributed by atoms with van der Waals surface area (Å²) >= 11 is 0. The van der Waals surface area contributed by atoms with Gasteiger partial charge in [-0.25, -0.2) is 0 Å². The van der Waals surface area contributed by atoms with E-state index in [0.29, 0.717) is 0 Å². The van der Waals surface area contributed by atoms with Crippen LogP contribution in [-0.2, 0) is 20.4 Å². The van der Waals surface area contributed by atoms with E-state index in [-0.39, 0.29) is 123 Å². The molecule has 0 spiro atoms. The van der Waals surface area contributed by atoms with Gasteiger partial charge in [0.25, 0.3) is 0 Å². The number of nitrogens with zero attached hydrogens (tertiary/aromatic N) is 4. The first kappa shape index (κ1) is 52.5. The maximum Gasteiger partial charge on any atom is 2.00 e. The molecule has 0 N–H and O–H groups in total. The summed E-state index contributed by atoms with van der Waals surface area (Å²) in [7, 11) is 0. The second-order valence-electron chi connectivity index (χ2n) is 0. The maximum absolute atomic E-state index is 6.25. The Morgan fingerprint density at radius 2 is 0.455 bits per heavy atom. The standard InChI is InChI=1S/4CN.2K.Pd/c4*1-2;;;/q4*-1;2*+1;+2. The van der Waals surface area contributed by atoms with Crippen LogP contribution >= 0.6 is 0 Å². The van der Waals surface area contributed by atoms with Crippen molar-refractivity contribution >= 4 is 0 Å². The van der Waals surface area contributed by atoms with Crippen LogP contribution in [0, 0.1) is 47.3 Å². The third-order valence-electron chi connectivity index (χ3n) is 0. The van der Waals surface area contributed by atoms with Crippen LogP contribution in [0.15, 0.2) is 0 Å². The van der Waals surface area contributed by atoms with E-state index in [1.165, 1.54) is 0 Å². The normalized spacial score (nSPS) is 0.727. The van der Waals surface area contributed by atoms with Gasteiger partial charge in [0.05, 0.1) is 0 Å². The number of hydrogen-bond acceptors (Lipinski definition) is 4. The zero-order valence-corrected chi connectivity index (χ0v) is 13.9. The van der Waals surface area contributed by atoms with E-state index in [4.69, 9.17) is 47.3 Å². The second kappa shape index (κ2) is 393. The molecule has 0 atom stereocenters. The van der Waals surface area contributed by atoms with Gasteiger partial charge in [-0.1, -0.05) is 0 Å². The quantitative estimate of drug-likeness (QED) is 0.328. The van der Waals surface area contributed by atoms with Crippen LogP contribution in [0.5, 0.6) is 0 Å². The Hall–Kier alpha value is 1.90. The van der Waals surface area contributed by atoms with Gasteiger partial charge in [0, 0.05) is 0 Å². The van der Waals surface area contributed by atoms with Crippen LogP contribution in [-0.4, -0.2) is 0 Å². The zero-order valence-electron chi connectivity index (χ0n) is 6.11. The van der Waals surface area contributed by atoms with Crippen LogP contribution < -0.4 is 103 Å². The number of rotatable bonds is 0. The van der Waals surface area contributed by atoms with Gasteiger partial charge in [-0.3, -0.25) is 0 Å². The summed E-state index contributed by atoms with van der Waals surface area (Å²) in [6, 6.07) is 0. The summed E-state index contributed by atoms with van der Waals surface area (Å²) < 4.78 is 0. The average Bonchev–Trinajstić information content (AvgIpc) is 2.03. The molecule has 0 heterocycles. The van der Waals surface area contributed by atoms with Crippen molar-refractivity contribution in [3.05, 3.63) is 26.3 Å². The molecule has 0 aromatic carbocycles. The molecule has 0 saturated carbocycles. The molecule has 0 aliphatic rings. The fraction of sp³-hybridized carbons (Fsp3) is 0. The van der Waals surface area contributed by atoms with Gasteiger partial charge in [0.1, 0.15) is 0 Å². The van der Waals surface area contributed by atoms with Gasteiger partial charge in [0.2, 0.25) is 0 Å². The van der Waals surface area contributed by atoms with Crippen molar-refractivity contribution in [3.8, 4) is 0 Å². The van der Waals surface area contributed by atoms with Gasteiger partial charge in [0.15, 0.2) is 0 Å². The van der Waals surface area contributed by atoms with Gasteiger partial charge in [-0.2, -0.15) is 0 Å². The minimum absolute atomic E-state index is 0. The molecule has 0 aliphatic carbocycles. The van der Waals surface area contributed by atoms with Crippen LogP contribution in [0.25, 0.3) is 0 Å². The Labute approximate surface area is 166 Å². The van der Waals surface area contributed by atoms with Crippen molar-refractivity contribution in [3.63, 3.8) is 0 Å². The molecular weight excluding hydrogens is 289 g/mol. The summed E-state index contributed by atoms with van der Waals surface area (Å²) in [5.74, 6) is 0. The van der Waals surface area contributed by atoms with E-state index in [9.17, 15) is 0 Å². The zero-order chi connectivity index (χ0) is 8.00. The minimum atomic E-state index is 0. The average molecular weight is 289 g/mol. The molecule has 0 aromatic rings. The van der Waals surface area contributed by atoms with Gasteiger partial charge in [-0.05, 0) is 0 Å². The third-order valence-corrected chi connectivity index (χ3v) is 0. The second-order valence-corrected chi connectivity index (χ2v) is 0. The van der Waals surface area contributed by atoms with E-state index in [1.807, 2.05) is 0 Å². The summed E-state index contributed by atoms with van der Waals surface area (Å²) in [5.41, 5.74) is 0. The predicted octanol–water partition coefficient (Wildman–Crippen LogP) is -5.61. The van der Waals surface area contributed by atoms with Crippen molar-refractivity contribution < 1.29 is 123 Å².